The lowest BCUT2D eigenvalue weighted by atomic mass is 10.2. The summed E-state index contributed by atoms with van der Waals surface area (Å²) in [5.74, 6) is 0.421. The second-order valence-electron chi connectivity index (χ2n) is 3.12. The molecule has 1 aromatic heterocycles. The molecule has 1 unspecified atom stereocenters. The summed E-state index contributed by atoms with van der Waals surface area (Å²) >= 11 is 0. The van der Waals surface area contributed by atoms with Crippen LogP contribution in [0.3, 0.4) is 0 Å². The van der Waals surface area contributed by atoms with Gasteiger partial charge >= 0.3 is 0 Å². The zero-order valence-electron chi connectivity index (χ0n) is 7.66. The molecule has 76 valence electrons. The fraction of sp³-hybridized carbons (Fsp3) is 0.200. The highest BCUT2D eigenvalue weighted by Crippen LogP contribution is 2.23. The van der Waals surface area contributed by atoms with Crippen molar-refractivity contribution in [1.82, 2.24) is 0 Å². The zero-order chi connectivity index (χ0) is 9.42. The van der Waals surface area contributed by atoms with Crippen molar-refractivity contribution >= 4 is 23.4 Å². The molecule has 0 amide bonds. The molecule has 1 heterocycles. The van der Waals surface area contributed by atoms with Gasteiger partial charge in [0.1, 0.15) is 17.2 Å². The molecule has 0 aliphatic carbocycles. The van der Waals surface area contributed by atoms with E-state index in [2.05, 4.69) is 0 Å². The van der Waals surface area contributed by atoms with Crippen molar-refractivity contribution in [3.63, 3.8) is 0 Å². The van der Waals surface area contributed by atoms with Gasteiger partial charge in [-0.1, -0.05) is 0 Å². The van der Waals surface area contributed by atoms with Gasteiger partial charge in [-0.15, -0.1) is 12.4 Å². The van der Waals surface area contributed by atoms with Crippen molar-refractivity contribution in [3.8, 4) is 0 Å². The van der Waals surface area contributed by atoms with Gasteiger partial charge in [-0.05, 0) is 31.2 Å². The van der Waals surface area contributed by atoms with Crippen LogP contribution in [0.5, 0.6) is 0 Å². The molecule has 2 rings (SSSR count). The van der Waals surface area contributed by atoms with Crippen molar-refractivity contribution in [3.05, 3.63) is 35.8 Å². The third-order valence-electron chi connectivity index (χ3n) is 1.95. The minimum Gasteiger partial charge on any atom is -0.459 e. The summed E-state index contributed by atoms with van der Waals surface area (Å²) in [7, 11) is 0. The summed E-state index contributed by atoms with van der Waals surface area (Å²) < 4.78 is 18.2. The Morgan fingerprint density at radius 1 is 1.36 bits per heavy atom. The Kier molecular flexibility index (Phi) is 3.13. The van der Waals surface area contributed by atoms with Gasteiger partial charge in [-0.3, -0.25) is 0 Å². The van der Waals surface area contributed by atoms with Crippen LogP contribution >= 0.6 is 12.4 Å². The maximum atomic E-state index is 12.8. The predicted molar refractivity (Wildman–Crippen MR) is 56.0 cm³/mol. The molecule has 14 heavy (non-hydrogen) atoms. The molecule has 2 N–H and O–H groups in total. The number of benzene rings is 1. The van der Waals surface area contributed by atoms with Gasteiger partial charge in [0.05, 0.1) is 6.04 Å². The number of furan rings is 1. The van der Waals surface area contributed by atoms with E-state index in [4.69, 9.17) is 10.2 Å². The highest BCUT2D eigenvalue weighted by atomic mass is 35.5. The van der Waals surface area contributed by atoms with Crippen LogP contribution in [-0.2, 0) is 0 Å². The van der Waals surface area contributed by atoms with E-state index in [9.17, 15) is 4.39 Å². The van der Waals surface area contributed by atoms with E-state index in [1.807, 2.05) is 6.92 Å². The van der Waals surface area contributed by atoms with Crippen LogP contribution in [-0.4, -0.2) is 0 Å². The molecule has 0 saturated heterocycles. The van der Waals surface area contributed by atoms with Gasteiger partial charge in [0.25, 0.3) is 0 Å². The zero-order valence-corrected chi connectivity index (χ0v) is 8.48. The lowest BCUT2D eigenvalue weighted by Gasteiger charge is -1.96. The molecule has 0 radical (unpaired) electrons. The fourth-order valence-electron chi connectivity index (χ4n) is 1.26. The van der Waals surface area contributed by atoms with Gasteiger partial charge in [0.15, 0.2) is 0 Å². The second kappa shape index (κ2) is 3.98. The van der Waals surface area contributed by atoms with E-state index in [0.29, 0.717) is 11.3 Å². The monoisotopic (exact) mass is 215 g/mol. The minimum absolute atomic E-state index is 0. The molecule has 1 atom stereocenters. The van der Waals surface area contributed by atoms with Gasteiger partial charge in [0, 0.05) is 5.39 Å². The maximum Gasteiger partial charge on any atom is 0.134 e. The minimum atomic E-state index is -0.260. The molecule has 0 aliphatic rings. The molecular weight excluding hydrogens is 205 g/mol. The molecule has 2 aromatic rings. The first kappa shape index (κ1) is 11.0. The van der Waals surface area contributed by atoms with Gasteiger partial charge in [-0.25, -0.2) is 4.39 Å². The number of halogens is 2. The topological polar surface area (TPSA) is 39.2 Å². The number of hydrogen-bond donors (Lipinski definition) is 1. The van der Waals surface area contributed by atoms with Crippen LogP contribution in [0.2, 0.25) is 0 Å². The number of nitrogens with two attached hydrogens (primary N) is 1. The summed E-state index contributed by atoms with van der Waals surface area (Å²) in [6, 6.07) is 6.02. The molecule has 2 nitrogen and oxygen atoms in total. The normalized spacial score (nSPS) is 12.5. The molecule has 0 aliphatic heterocycles. The van der Waals surface area contributed by atoms with Crippen molar-refractivity contribution in [2.24, 2.45) is 5.73 Å². The van der Waals surface area contributed by atoms with E-state index in [-0.39, 0.29) is 24.3 Å². The first-order valence-corrected chi connectivity index (χ1v) is 4.11. The predicted octanol–water partition coefficient (Wildman–Crippen LogP) is 3.01. The maximum absolute atomic E-state index is 12.8. The third-order valence-corrected chi connectivity index (χ3v) is 1.95. The molecular formula is C10H11ClFNO. The average Bonchev–Trinajstić information content (AvgIpc) is 2.46. The molecule has 4 heteroatoms. The van der Waals surface area contributed by atoms with Gasteiger partial charge in [0.2, 0.25) is 0 Å². The molecule has 0 spiro atoms. The van der Waals surface area contributed by atoms with Crippen LogP contribution in [0.4, 0.5) is 4.39 Å². The van der Waals surface area contributed by atoms with E-state index in [1.165, 1.54) is 12.1 Å². The SMILES string of the molecule is CC(N)c1cc2cc(F)ccc2o1.Cl. The Labute approximate surface area is 87.3 Å². The summed E-state index contributed by atoms with van der Waals surface area (Å²) in [4.78, 5) is 0. The second-order valence-corrected chi connectivity index (χ2v) is 3.12. The number of hydrogen-bond acceptors (Lipinski definition) is 2. The Bertz CT molecular complexity index is 439. The number of rotatable bonds is 1. The lowest BCUT2D eigenvalue weighted by Crippen LogP contribution is -2.02. The summed E-state index contributed by atoms with van der Waals surface area (Å²) in [6.45, 7) is 1.83. The summed E-state index contributed by atoms with van der Waals surface area (Å²) in [5.41, 5.74) is 6.30. The summed E-state index contributed by atoms with van der Waals surface area (Å²) in [5, 5.41) is 0.757. The standard InChI is InChI=1S/C10H10FNO.ClH/c1-6(12)10-5-7-4-8(11)2-3-9(7)13-10;/h2-6H,12H2,1H3;1H. The Morgan fingerprint density at radius 2 is 2.07 bits per heavy atom. The van der Waals surface area contributed by atoms with E-state index in [1.54, 1.807) is 12.1 Å². The Hall–Kier alpha value is -1.06. The first-order chi connectivity index (χ1) is 6.16. The lowest BCUT2D eigenvalue weighted by molar-refractivity contribution is 0.512. The van der Waals surface area contributed by atoms with Crippen LogP contribution in [0.15, 0.2) is 28.7 Å². The highest BCUT2D eigenvalue weighted by molar-refractivity contribution is 5.85. The van der Waals surface area contributed by atoms with Crippen LogP contribution in [0.1, 0.15) is 18.7 Å². The fourth-order valence-corrected chi connectivity index (χ4v) is 1.26. The Morgan fingerprint density at radius 3 is 2.71 bits per heavy atom. The van der Waals surface area contributed by atoms with Crippen molar-refractivity contribution in [2.45, 2.75) is 13.0 Å². The van der Waals surface area contributed by atoms with Crippen LogP contribution in [0.25, 0.3) is 11.0 Å². The van der Waals surface area contributed by atoms with E-state index >= 15 is 0 Å². The van der Waals surface area contributed by atoms with Gasteiger partial charge in [-0.2, -0.15) is 0 Å². The smallest absolute Gasteiger partial charge is 0.134 e. The first-order valence-electron chi connectivity index (χ1n) is 4.11. The van der Waals surface area contributed by atoms with Gasteiger partial charge < -0.3 is 10.2 Å². The van der Waals surface area contributed by atoms with Crippen molar-refractivity contribution < 1.29 is 8.81 Å². The molecule has 1 aromatic carbocycles. The van der Waals surface area contributed by atoms with Crippen molar-refractivity contribution in [1.29, 1.82) is 0 Å². The quantitative estimate of drug-likeness (QED) is 0.794. The average molecular weight is 216 g/mol. The van der Waals surface area contributed by atoms with E-state index in [0.717, 1.165) is 5.39 Å². The van der Waals surface area contributed by atoms with Crippen LogP contribution < -0.4 is 5.73 Å². The molecule has 0 saturated carbocycles. The van der Waals surface area contributed by atoms with Crippen molar-refractivity contribution in [2.75, 3.05) is 0 Å². The summed E-state index contributed by atoms with van der Waals surface area (Å²) in [6.07, 6.45) is 0. The molecule has 0 fully saturated rings. The highest BCUT2D eigenvalue weighted by Gasteiger charge is 2.07. The Balaban J connectivity index is 0.000000980. The molecule has 0 bridgehead atoms. The number of fused-ring (bicyclic) bond motifs is 1. The largest absolute Gasteiger partial charge is 0.459 e. The van der Waals surface area contributed by atoms with Crippen LogP contribution in [0, 0.1) is 5.82 Å². The van der Waals surface area contributed by atoms with E-state index < -0.39 is 0 Å². The third kappa shape index (κ3) is 1.89.